The normalized spacial score (nSPS) is 19.1. The third-order valence-electron chi connectivity index (χ3n) is 3.09. The Morgan fingerprint density at radius 2 is 2.12 bits per heavy atom. The zero-order chi connectivity index (χ0) is 12.3. The van der Waals surface area contributed by atoms with Crippen LogP contribution >= 0.6 is 0 Å². The molecule has 0 aromatic heterocycles. The average molecular weight is 233 g/mol. The predicted molar refractivity (Wildman–Crippen MR) is 64.2 cm³/mol. The molecule has 1 fully saturated rings. The molecule has 1 aliphatic heterocycles. The average Bonchev–Trinajstić information content (AvgIpc) is 2.87. The minimum absolute atomic E-state index is 0.193. The fraction of sp³-hybridized carbons (Fsp3) is 0.385. The second kappa shape index (κ2) is 4.99. The number of hydrogen-bond donors (Lipinski definition) is 0. The molecule has 17 heavy (non-hydrogen) atoms. The molecule has 0 unspecified atom stereocenters. The summed E-state index contributed by atoms with van der Waals surface area (Å²) in [6.07, 6.45) is 2.61. The van der Waals surface area contributed by atoms with Gasteiger partial charge in [-0.25, -0.2) is 4.79 Å². The number of anilines is 1. The van der Waals surface area contributed by atoms with E-state index in [1.165, 1.54) is 7.11 Å². The topological polar surface area (TPSA) is 46.6 Å². The van der Waals surface area contributed by atoms with Crippen LogP contribution in [0.25, 0.3) is 0 Å². The lowest BCUT2D eigenvalue weighted by molar-refractivity contribution is -0.141. The van der Waals surface area contributed by atoms with E-state index in [0.717, 1.165) is 31.4 Å². The molecule has 1 atom stereocenters. The Morgan fingerprint density at radius 3 is 2.71 bits per heavy atom. The number of carbonyl (C=O) groups is 2. The molecule has 4 nitrogen and oxygen atoms in total. The number of rotatable bonds is 3. The first kappa shape index (κ1) is 11.6. The highest BCUT2D eigenvalue weighted by atomic mass is 16.5. The summed E-state index contributed by atoms with van der Waals surface area (Å²) in [6, 6.07) is 7.06. The van der Waals surface area contributed by atoms with Crippen LogP contribution in [0.3, 0.4) is 0 Å². The highest BCUT2D eigenvalue weighted by molar-refractivity contribution is 5.81. The molecule has 1 aromatic rings. The number of carbonyl (C=O) groups excluding carboxylic acids is 2. The zero-order valence-electron chi connectivity index (χ0n) is 9.76. The largest absolute Gasteiger partial charge is 0.467 e. The summed E-state index contributed by atoms with van der Waals surface area (Å²) < 4.78 is 4.79. The molecule has 0 amide bonds. The SMILES string of the molecule is COC(=O)[C@@H]1CCCN1c1ccc(C=O)cc1. The van der Waals surface area contributed by atoms with Crippen molar-refractivity contribution in [1.29, 1.82) is 0 Å². The third kappa shape index (κ3) is 2.30. The smallest absolute Gasteiger partial charge is 0.328 e. The summed E-state index contributed by atoms with van der Waals surface area (Å²) in [6.45, 7) is 0.847. The molecular weight excluding hydrogens is 218 g/mol. The molecule has 0 spiro atoms. The quantitative estimate of drug-likeness (QED) is 0.588. The van der Waals surface area contributed by atoms with Crippen molar-refractivity contribution in [3.8, 4) is 0 Å². The van der Waals surface area contributed by atoms with Gasteiger partial charge in [-0.1, -0.05) is 0 Å². The minimum atomic E-state index is -0.193. The van der Waals surface area contributed by atoms with Gasteiger partial charge in [0.1, 0.15) is 12.3 Å². The molecule has 90 valence electrons. The summed E-state index contributed by atoms with van der Waals surface area (Å²) in [5.41, 5.74) is 1.60. The van der Waals surface area contributed by atoms with Gasteiger partial charge in [-0.2, -0.15) is 0 Å². The van der Waals surface area contributed by atoms with E-state index >= 15 is 0 Å². The molecule has 1 aliphatic rings. The number of hydrogen-bond acceptors (Lipinski definition) is 4. The Morgan fingerprint density at radius 1 is 1.41 bits per heavy atom. The van der Waals surface area contributed by atoms with E-state index in [-0.39, 0.29) is 12.0 Å². The first-order chi connectivity index (χ1) is 8.26. The second-order valence-corrected chi connectivity index (χ2v) is 4.08. The highest BCUT2D eigenvalue weighted by Crippen LogP contribution is 2.26. The van der Waals surface area contributed by atoms with Gasteiger partial charge in [0, 0.05) is 17.8 Å². The fourth-order valence-electron chi connectivity index (χ4n) is 2.20. The predicted octanol–water partition coefficient (Wildman–Crippen LogP) is 1.64. The lowest BCUT2D eigenvalue weighted by Crippen LogP contribution is -2.36. The fourth-order valence-corrected chi connectivity index (χ4v) is 2.20. The van der Waals surface area contributed by atoms with Crippen LogP contribution in [0.1, 0.15) is 23.2 Å². The van der Waals surface area contributed by atoms with Gasteiger partial charge < -0.3 is 9.64 Å². The maximum atomic E-state index is 11.6. The van der Waals surface area contributed by atoms with Crippen molar-refractivity contribution in [3.05, 3.63) is 29.8 Å². The highest BCUT2D eigenvalue weighted by Gasteiger charge is 2.31. The Labute approximate surface area is 100 Å². The number of aldehydes is 1. The first-order valence-electron chi connectivity index (χ1n) is 5.66. The monoisotopic (exact) mass is 233 g/mol. The van der Waals surface area contributed by atoms with Gasteiger partial charge >= 0.3 is 5.97 Å². The van der Waals surface area contributed by atoms with Crippen LogP contribution in [0.15, 0.2) is 24.3 Å². The molecule has 0 radical (unpaired) electrons. The zero-order valence-corrected chi connectivity index (χ0v) is 9.76. The third-order valence-corrected chi connectivity index (χ3v) is 3.09. The standard InChI is InChI=1S/C13H15NO3/c1-17-13(16)12-3-2-8-14(12)11-6-4-10(9-15)5-7-11/h4-7,9,12H,2-3,8H2,1H3/t12-/m0/s1. The van der Waals surface area contributed by atoms with Crippen LogP contribution in [-0.4, -0.2) is 32.0 Å². The van der Waals surface area contributed by atoms with Gasteiger partial charge in [-0.3, -0.25) is 4.79 Å². The summed E-state index contributed by atoms with van der Waals surface area (Å²) in [5, 5.41) is 0. The molecule has 2 rings (SSSR count). The minimum Gasteiger partial charge on any atom is -0.467 e. The number of benzene rings is 1. The van der Waals surface area contributed by atoms with Crippen LogP contribution in [0.2, 0.25) is 0 Å². The molecule has 0 N–H and O–H groups in total. The van der Waals surface area contributed by atoms with E-state index in [0.29, 0.717) is 5.56 Å². The van der Waals surface area contributed by atoms with Crippen LogP contribution < -0.4 is 4.90 Å². The number of methoxy groups -OCH3 is 1. The van der Waals surface area contributed by atoms with Crippen LogP contribution in [0.5, 0.6) is 0 Å². The second-order valence-electron chi connectivity index (χ2n) is 4.08. The Balaban J connectivity index is 2.19. The van der Waals surface area contributed by atoms with Gasteiger partial charge in [0.2, 0.25) is 0 Å². The van der Waals surface area contributed by atoms with Crippen molar-refractivity contribution < 1.29 is 14.3 Å². The maximum absolute atomic E-state index is 11.6. The molecule has 0 saturated carbocycles. The van der Waals surface area contributed by atoms with E-state index in [1.807, 2.05) is 17.0 Å². The van der Waals surface area contributed by atoms with Gasteiger partial charge in [-0.15, -0.1) is 0 Å². The van der Waals surface area contributed by atoms with E-state index in [9.17, 15) is 9.59 Å². The van der Waals surface area contributed by atoms with Crippen LogP contribution in [0, 0.1) is 0 Å². The van der Waals surface area contributed by atoms with Crippen molar-refractivity contribution >= 4 is 17.9 Å². The Kier molecular flexibility index (Phi) is 3.42. The van der Waals surface area contributed by atoms with Crippen molar-refractivity contribution in [3.63, 3.8) is 0 Å². The number of esters is 1. The van der Waals surface area contributed by atoms with Crippen LogP contribution in [-0.2, 0) is 9.53 Å². The Hall–Kier alpha value is -1.84. The molecule has 1 aromatic carbocycles. The van der Waals surface area contributed by atoms with Crippen LogP contribution in [0.4, 0.5) is 5.69 Å². The molecule has 0 bridgehead atoms. The molecule has 1 heterocycles. The van der Waals surface area contributed by atoms with Gasteiger partial charge in [0.05, 0.1) is 7.11 Å². The molecule has 4 heteroatoms. The summed E-state index contributed by atoms with van der Waals surface area (Å²) in [4.78, 5) is 24.2. The van der Waals surface area contributed by atoms with Gasteiger partial charge in [0.25, 0.3) is 0 Å². The maximum Gasteiger partial charge on any atom is 0.328 e. The van der Waals surface area contributed by atoms with E-state index in [2.05, 4.69) is 0 Å². The summed E-state index contributed by atoms with van der Waals surface area (Å²) >= 11 is 0. The van der Waals surface area contributed by atoms with E-state index in [1.54, 1.807) is 12.1 Å². The lowest BCUT2D eigenvalue weighted by Gasteiger charge is -2.24. The van der Waals surface area contributed by atoms with Crippen molar-refractivity contribution in [1.82, 2.24) is 0 Å². The summed E-state index contributed by atoms with van der Waals surface area (Å²) in [5.74, 6) is -0.193. The van der Waals surface area contributed by atoms with Gasteiger partial charge in [-0.05, 0) is 37.1 Å². The van der Waals surface area contributed by atoms with Crippen molar-refractivity contribution in [2.75, 3.05) is 18.6 Å². The number of nitrogens with zero attached hydrogens (tertiary/aromatic N) is 1. The van der Waals surface area contributed by atoms with Crippen molar-refractivity contribution in [2.45, 2.75) is 18.9 Å². The number of ether oxygens (including phenoxy) is 1. The first-order valence-corrected chi connectivity index (χ1v) is 5.66. The van der Waals surface area contributed by atoms with Crippen molar-refractivity contribution in [2.24, 2.45) is 0 Å². The van der Waals surface area contributed by atoms with E-state index in [4.69, 9.17) is 4.74 Å². The summed E-state index contributed by atoms with van der Waals surface area (Å²) in [7, 11) is 1.41. The lowest BCUT2D eigenvalue weighted by atomic mass is 10.2. The molecule has 1 saturated heterocycles. The Bertz CT molecular complexity index is 413. The molecular formula is C13H15NO3. The van der Waals surface area contributed by atoms with E-state index < -0.39 is 0 Å². The van der Waals surface area contributed by atoms with Gasteiger partial charge in [0.15, 0.2) is 0 Å². The molecule has 0 aliphatic carbocycles.